The molecule has 0 fully saturated rings. The van der Waals surface area contributed by atoms with Crippen LogP contribution in [0.15, 0.2) is 0 Å². The molecule has 0 amide bonds. The zero-order chi connectivity index (χ0) is 20.4. The van der Waals surface area contributed by atoms with Gasteiger partial charge in [-0.2, -0.15) is 0 Å². The van der Waals surface area contributed by atoms with E-state index in [1.54, 1.807) is 0 Å². The number of rotatable bonds is 20. The molecule has 0 aliphatic carbocycles. The molecule has 0 aromatic carbocycles. The molecule has 6 heteroatoms. The zero-order valence-electron chi connectivity index (χ0n) is 19.0. The molecule has 0 bridgehead atoms. The van der Waals surface area contributed by atoms with Crippen LogP contribution >= 0.6 is 0 Å². The first-order chi connectivity index (χ1) is 12.9. The molecule has 0 heterocycles. The molecule has 1 N–H and O–H groups in total. The van der Waals surface area contributed by atoms with Crippen molar-refractivity contribution in [2.24, 2.45) is 0 Å². The SMILES string of the molecule is CCCCCCCC(CCCCCCCCCCCC(O)CC)S(=O)(=O)[O-].[Na+]. The summed E-state index contributed by atoms with van der Waals surface area (Å²) in [5.74, 6) is 0. The van der Waals surface area contributed by atoms with E-state index in [4.69, 9.17) is 0 Å². The molecule has 0 aliphatic rings. The maximum atomic E-state index is 11.4. The topological polar surface area (TPSA) is 77.4 Å². The van der Waals surface area contributed by atoms with Crippen LogP contribution in [0, 0.1) is 0 Å². The van der Waals surface area contributed by atoms with Crippen molar-refractivity contribution in [2.75, 3.05) is 0 Å². The van der Waals surface area contributed by atoms with E-state index in [0.29, 0.717) is 12.8 Å². The van der Waals surface area contributed by atoms with Crippen LogP contribution in [0.2, 0.25) is 0 Å². The zero-order valence-corrected chi connectivity index (χ0v) is 21.8. The predicted octanol–water partition coefficient (Wildman–Crippen LogP) is 3.33. The van der Waals surface area contributed by atoms with Gasteiger partial charge in [0.15, 0.2) is 0 Å². The fraction of sp³-hybridized carbons (Fsp3) is 1.00. The van der Waals surface area contributed by atoms with E-state index >= 15 is 0 Å². The second kappa shape index (κ2) is 21.1. The van der Waals surface area contributed by atoms with Crippen LogP contribution in [-0.2, 0) is 10.1 Å². The Morgan fingerprint density at radius 3 is 1.39 bits per heavy atom. The minimum absolute atomic E-state index is 0. The normalized spacial score (nSPS) is 13.9. The van der Waals surface area contributed by atoms with Gasteiger partial charge >= 0.3 is 29.6 Å². The third-order valence-corrected chi connectivity index (χ3v) is 6.86. The number of unbranched alkanes of at least 4 members (excludes halogenated alkanes) is 12. The second-order valence-electron chi connectivity index (χ2n) is 8.14. The average Bonchev–Trinajstić information content (AvgIpc) is 2.62. The summed E-state index contributed by atoms with van der Waals surface area (Å²) in [5, 5.41) is 8.83. The summed E-state index contributed by atoms with van der Waals surface area (Å²) >= 11 is 0. The quantitative estimate of drug-likeness (QED) is 0.183. The predicted molar refractivity (Wildman–Crippen MR) is 114 cm³/mol. The Kier molecular flexibility index (Phi) is 23.4. The molecule has 0 aromatic heterocycles. The molecule has 0 aromatic rings. The second-order valence-corrected chi connectivity index (χ2v) is 9.79. The number of aliphatic hydroxyl groups is 1. The van der Waals surface area contributed by atoms with Crippen molar-refractivity contribution in [3.8, 4) is 0 Å². The van der Waals surface area contributed by atoms with Gasteiger partial charge in [-0.1, -0.05) is 104 Å². The summed E-state index contributed by atoms with van der Waals surface area (Å²) in [6, 6.07) is 0. The van der Waals surface area contributed by atoms with Crippen LogP contribution in [0.5, 0.6) is 0 Å². The Labute approximate surface area is 197 Å². The van der Waals surface area contributed by atoms with Crippen LogP contribution in [0.1, 0.15) is 129 Å². The van der Waals surface area contributed by atoms with E-state index < -0.39 is 15.4 Å². The van der Waals surface area contributed by atoms with Crippen LogP contribution in [0.25, 0.3) is 0 Å². The van der Waals surface area contributed by atoms with Crippen LogP contribution < -0.4 is 29.6 Å². The molecular weight excluding hydrogens is 383 g/mol. The molecule has 28 heavy (non-hydrogen) atoms. The molecule has 0 radical (unpaired) electrons. The molecule has 4 nitrogen and oxygen atoms in total. The van der Waals surface area contributed by atoms with Gasteiger partial charge in [0.05, 0.1) is 16.2 Å². The molecule has 0 spiro atoms. The van der Waals surface area contributed by atoms with Gasteiger partial charge in [0.1, 0.15) is 0 Å². The number of hydrogen-bond donors (Lipinski definition) is 1. The Balaban J connectivity index is 0. The molecule has 0 rings (SSSR count). The molecule has 0 saturated heterocycles. The van der Waals surface area contributed by atoms with Crippen molar-refractivity contribution in [3.63, 3.8) is 0 Å². The van der Waals surface area contributed by atoms with E-state index in [9.17, 15) is 18.1 Å². The van der Waals surface area contributed by atoms with Gasteiger partial charge in [-0.25, -0.2) is 8.42 Å². The van der Waals surface area contributed by atoms with Crippen molar-refractivity contribution < 1.29 is 47.6 Å². The van der Waals surface area contributed by atoms with Gasteiger partial charge in [-0.3, -0.25) is 0 Å². The summed E-state index contributed by atoms with van der Waals surface area (Å²) in [6.45, 7) is 4.18. The molecular formula is C22H45NaO4S. The standard InChI is InChI=1S/C22H46O4S.Na/c1-3-5-6-12-16-19-22(27(24,25)26)20-17-14-11-9-7-8-10-13-15-18-21(23)4-2;/h21-23H,3-20H2,1-2H3,(H,24,25,26);/q;+1/p-1. The van der Waals surface area contributed by atoms with Crippen molar-refractivity contribution in [2.45, 2.75) is 141 Å². The van der Waals surface area contributed by atoms with Crippen molar-refractivity contribution in [3.05, 3.63) is 0 Å². The van der Waals surface area contributed by atoms with Gasteiger partial charge < -0.3 is 9.66 Å². The number of aliphatic hydroxyl groups excluding tert-OH is 1. The maximum absolute atomic E-state index is 11.4. The monoisotopic (exact) mass is 428 g/mol. The summed E-state index contributed by atoms with van der Waals surface area (Å²) in [7, 11) is -4.14. The van der Waals surface area contributed by atoms with Crippen LogP contribution in [-0.4, -0.2) is 29.4 Å². The first-order valence-corrected chi connectivity index (χ1v) is 13.0. The minimum Gasteiger partial charge on any atom is -0.748 e. The van der Waals surface area contributed by atoms with Crippen molar-refractivity contribution in [1.82, 2.24) is 0 Å². The first kappa shape index (κ1) is 31.1. The summed E-state index contributed by atoms with van der Waals surface area (Å²) in [5.41, 5.74) is 0. The molecule has 0 saturated carbocycles. The average molecular weight is 429 g/mol. The van der Waals surface area contributed by atoms with Gasteiger partial charge in [0.2, 0.25) is 0 Å². The Bertz CT molecular complexity index is 415. The van der Waals surface area contributed by atoms with E-state index in [1.165, 1.54) is 44.9 Å². The smallest absolute Gasteiger partial charge is 0.748 e. The number of hydrogen-bond acceptors (Lipinski definition) is 4. The van der Waals surface area contributed by atoms with Gasteiger partial charge in [0.25, 0.3) is 0 Å². The van der Waals surface area contributed by atoms with Gasteiger partial charge in [0, 0.05) is 5.25 Å². The molecule has 2 atom stereocenters. The minimum atomic E-state index is -4.14. The van der Waals surface area contributed by atoms with Crippen molar-refractivity contribution >= 4 is 10.1 Å². The van der Waals surface area contributed by atoms with Crippen LogP contribution in [0.4, 0.5) is 0 Å². The maximum Gasteiger partial charge on any atom is 1.00 e. The molecule has 164 valence electrons. The largest absolute Gasteiger partial charge is 1.00 e. The Morgan fingerprint density at radius 1 is 0.679 bits per heavy atom. The fourth-order valence-corrected chi connectivity index (χ4v) is 4.51. The van der Waals surface area contributed by atoms with Crippen molar-refractivity contribution in [1.29, 1.82) is 0 Å². The van der Waals surface area contributed by atoms with E-state index in [0.717, 1.165) is 57.8 Å². The summed E-state index contributed by atoms with van der Waals surface area (Å²) in [6.07, 6.45) is 18.4. The molecule has 2 unspecified atom stereocenters. The third-order valence-electron chi connectivity index (χ3n) is 5.57. The fourth-order valence-electron chi connectivity index (χ4n) is 3.60. The summed E-state index contributed by atoms with van der Waals surface area (Å²) in [4.78, 5) is 0. The third kappa shape index (κ3) is 20.2. The van der Waals surface area contributed by atoms with E-state index in [2.05, 4.69) is 6.92 Å². The van der Waals surface area contributed by atoms with E-state index in [1.807, 2.05) is 6.92 Å². The Hall–Kier alpha value is 0.870. The van der Waals surface area contributed by atoms with E-state index in [-0.39, 0.29) is 35.7 Å². The summed E-state index contributed by atoms with van der Waals surface area (Å²) < 4.78 is 34.3. The first-order valence-electron chi connectivity index (χ1n) is 11.5. The van der Waals surface area contributed by atoms with Crippen LogP contribution in [0.3, 0.4) is 0 Å². The van der Waals surface area contributed by atoms with Gasteiger partial charge in [-0.15, -0.1) is 0 Å². The Morgan fingerprint density at radius 2 is 1.04 bits per heavy atom. The van der Waals surface area contributed by atoms with Gasteiger partial charge in [-0.05, 0) is 25.7 Å². The molecule has 0 aliphatic heterocycles.